The van der Waals surface area contributed by atoms with Crippen LogP contribution in [0.3, 0.4) is 0 Å². The molecule has 0 aliphatic carbocycles. The van der Waals surface area contributed by atoms with Crippen molar-refractivity contribution in [3.63, 3.8) is 0 Å². The molecule has 0 bridgehead atoms. The van der Waals surface area contributed by atoms with Crippen molar-refractivity contribution in [3.8, 4) is 0 Å². The molecule has 1 amide bonds. The minimum absolute atomic E-state index is 0.0478. The summed E-state index contributed by atoms with van der Waals surface area (Å²) >= 11 is 7.70. The number of nitrogens with one attached hydrogen (secondary N) is 1. The van der Waals surface area contributed by atoms with Crippen LogP contribution in [-0.2, 0) is 10.5 Å². The highest BCUT2D eigenvalue weighted by atomic mass is 35.5. The number of thioether (sulfide) groups is 1. The Morgan fingerprint density at radius 3 is 2.68 bits per heavy atom. The van der Waals surface area contributed by atoms with E-state index in [1.807, 2.05) is 55.5 Å². The second-order valence-corrected chi connectivity index (χ2v) is 6.67. The first kappa shape index (κ1) is 16.9. The fourth-order valence-corrected chi connectivity index (χ4v) is 3.22. The van der Waals surface area contributed by atoms with Gasteiger partial charge in [0.1, 0.15) is 0 Å². The Labute approximate surface area is 141 Å². The third kappa shape index (κ3) is 5.74. The molecule has 1 N–H and O–H groups in total. The van der Waals surface area contributed by atoms with Gasteiger partial charge in [0.25, 0.3) is 0 Å². The Kier molecular flexibility index (Phi) is 6.81. The fraction of sp³-hybridized carbons (Fsp3) is 0.278. The molecular weight excluding hydrogens is 314 g/mol. The summed E-state index contributed by atoms with van der Waals surface area (Å²) in [5.41, 5.74) is 2.32. The number of hydrogen-bond donors (Lipinski definition) is 1. The molecule has 0 fully saturated rings. The molecule has 0 aliphatic rings. The number of amides is 1. The van der Waals surface area contributed by atoms with Crippen LogP contribution in [-0.4, -0.2) is 11.7 Å². The predicted molar refractivity (Wildman–Crippen MR) is 95.2 cm³/mol. The van der Waals surface area contributed by atoms with E-state index in [4.69, 9.17) is 11.6 Å². The number of rotatable bonds is 7. The van der Waals surface area contributed by atoms with Crippen molar-refractivity contribution in [2.75, 3.05) is 5.75 Å². The van der Waals surface area contributed by atoms with E-state index in [9.17, 15) is 4.79 Å². The smallest absolute Gasteiger partial charge is 0.221 e. The van der Waals surface area contributed by atoms with E-state index in [0.29, 0.717) is 6.42 Å². The van der Waals surface area contributed by atoms with Gasteiger partial charge in [-0.15, -0.1) is 0 Å². The molecule has 22 heavy (non-hydrogen) atoms. The van der Waals surface area contributed by atoms with E-state index in [1.54, 1.807) is 11.8 Å². The van der Waals surface area contributed by atoms with Crippen LogP contribution >= 0.6 is 23.4 Å². The first-order valence-electron chi connectivity index (χ1n) is 7.31. The Morgan fingerprint density at radius 1 is 1.18 bits per heavy atom. The maximum Gasteiger partial charge on any atom is 0.221 e. The number of carbonyl (C=O) groups is 1. The van der Waals surface area contributed by atoms with Gasteiger partial charge in [0, 0.05) is 22.9 Å². The monoisotopic (exact) mass is 333 g/mol. The van der Waals surface area contributed by atoms with Crippen molar-refractivity contribution in [1.29, 1.82) is 0 Å². The van der Waals surface area contributed by atoms with Gasteiger partial charge in [-0.25, -0.2) is 0 Å². The third-order valence-corrected chi connectivity index (χ3v) is 4.57. The molecule has 1 unspecified atom stereocenters. The number of halogens is 1. The van der Waals surface area contributed by atoms with Crippen molar-refractivity contribution in [2.45, 2.75) is 25.1 Å². The average molecular weight is 334 g/mol. The largest absolute Gasteiger partial charge is 0.350 e. The van der Waals surface area contributed by atoms with E-state index in [2.05, 4.69) is 11.4 Å². The molecule has 2 aromatic rings. The van der Waals surface area contributed by atoms with Crippen LogP contribution in [0, 0.1) is 0 Å². The lowest BCUT2D eigenvalue weighted by atomic mass is 10.1. The molecule has 0 saturated heterocycles. The van der Waals surface area contributed by atoms with Gasteiger partial charge in [-0.05, 0) is 30.2 Å². The van der Waals surface area contributed by atoms with E-state index in [-0.39, 0.29) is 11.9 Å². The molecule has 0 saturated carbocycles. The highest BCUT2D eigenvalue weighted by Gasteiger charge is 2.08. The summed E-state index contributed by atoms with van der Waals surface area (Å²) in [6.45, 7) is 2.01. The van der Waals surface area contributed by atoms with Crippen molar-refractivity contribution >= 4 is 29.3 Å². The van der Waals surface area contributed by atoms with E-state index >= 15 is 0 Å². The SMILES string of the molecule is CC(NC(=O)CCSCc1cccc(Cl)c1)c1ccccc1. The summed E-state index contributed by atoms with van der Waals surface area (Å²) in [5, 5.41) is 3.79. The van der Waals surface area contributed by atoms with Gasteiger partial charge >= 0.3 is 0 Å². The summed E-state index contributed by atoms with van der Waals surface area (Å²) in [7, 11) is 0. The molecular formula is C18H20ClNOS. The van der Waals surface area contributed by atoms with Crippen molar-refractivity contribution in [1.82, 2.24) is 5.32 Å². The van der Waals surface area contributed by atoms with Gasteiger partial charge in [0.05, 0.1) is 6.04 Å². The van der Waals surface area contributed by atoms with Crippen LogP contribution in [0.25, 0.3) is 0 Å². The van der Waals surface area contributed by atoms with Crippen LogP contribution in [0.15, 0.2) is 54.6 Å². The molecule has 1 atom stereocenters. The second-order valence-electron chi connectivity index (χ2n) is 5.13. The summed E-state index contributed by atoms with van der Waals surface area (Å²) in [6.07, 6.45) is 0.530. The van der Waals surface area contributed by atoms with E-state index < -0.39 is 0 Å². The van der Waals surface area contributed by atoms with Gasteiger partial charge in [0.15, 0.2) is 0 Å². The van der Waals surface area contributed by atoms with Crippen LogP contribution in [0.5, 0.6) is 0 Å². The Bertz CT molecular complexity index is 603. The first-order valence-corrected chi connectivity index (χ1v) is 8.85. The molecule has 0 aliphatic heterocycles. The molecule has 2 aromatic carbocycles. The third-order valence-electron chi connectivity index (χ3n) is 3.31. The Balaban J connectivity index is 1.68. The molecule has 2 rings (SSSR count). The van der Waals surface area contributed by atoms with Gasteiger partial charge in [-0.1, -0.05) is 54.1 Å². The summed E-state index contributed by atoms with van der Waals surface area (Å²) in [6, 6.07) is 17.9. The zero-order chi connectivity index (χ0) is 15.8. The molecule has 0 spiro atoms. The quantitative estimate of drug-likeness (QED) is 0.734. The van der Waals surface area contributed by atoms with E-state index in [1.165, 1.54) is 5.56 Å². The van der Waals surface area contributed by atoms with Crippen molar-refractivity contribution < 1.29 is 4.79 Å². The molecule has 4 heteroatoms. The van der Waals surface area contributed by atoms with Gasteiger partial charge in [-0.2, -0.15) is 11.8 Å². The predicted octanol–water partition coefficient (Wildman–Crippen LogP) is 4.84. The number of carbonyl (C=O) groups excluding carboxylic acids is 1. The number of hydrogen-bond acceptors (Lipinski definition) is 2. The zero-order valence-corrected chi connectivity index (χ0v) is 14.2. The lowest BCUT2D eigenvalue weighted by Gasteiger charge is -2.14. The zero-order valence-electron chi connectivity index (χ0n) is 12.6. The van der Waals surface area contributed by atoms with Crippen molar-refractivity contribution in [3.05, 3.63) is 70.7 Å². The molecule has 0 aromatic heterocycles. The molecule has 116 valence electrons. The highest BCUT2D eigenvalue weighted by Crippen LogP contribution is 2.17. The standard InChI is InChI=1S/C18H20ClNOS/c1-14(16-7-3-2-4-8-16)20-18(21)10-11-22-13-15-6-5-9-17(19)12-15/h2-9,12,14H,10-11,13H2,1H3,(H,20,21). The van der Waals surface area contributed by atoms with Crippen molar-refractivity contribution in [2.24, 2.45) is 0 Å². The molecule has 0 heterocycles. The summed E-state index contributed by atoms with van der Waals surface area (Å²) < 4.78 is 0. The lowest BCUT2D eigenvalue weighted by molar-refractivity contribution is -0.121. The Morgan fingerprint density at radius 2 is 1.95 bits per heavy atom. The topological polar surface area (TPSA) is 29.1 Å². The number of benzene rings is 2. The van der Waals surface area contributed by atoms with Crippen LogP contribution in [0.1, 0.15) is 30.5 Å². The maximum absolute atomic E-state index is 11.9. The first-order chi connectivity index (χ1) is 10.6. The Hall–Kier alpha value is -1.45. The normalized spacial score (nSPS) is 11.9. The van der Waals surface area contributed by atoms with Gasteiger partial charge < -0.3 is 5.32 Å². The minimum Gasteiger partial charge on any atom is -0.350 e. The lowest BCUT2D eigenvalue weighted by Crippen LogP contribution is -2.26. The molecule has 2 nitrogen and oxygen atoms in total. The summed E-state index contributed by atoms with van der Waals surface area (Å²) in [4.78, 5) is 11.9. The second kappa shape index (κ2) is 8.86. The molecule has 0 radical (unpaired) electrons. The fourth-order valence-electron chi connectivity index (χ4n) is 2.12. The van der Waals surface area contributed by atoms with Gasteiger partial charge in [-0.3, -0.25) is 4.79 Å². The summed E-state index contributed by atoms with van der Waals surface area (Å²) in [5.74, 6) is 1.78. The average Bonchev–Trinajstić information content (AvgIpc) is 2.52. The van der Waals surface area contributed by atoms with Crippen LogP contribution < -0.4 is 5.32 Å². The van der Waals surface area contributed by atoms with Crippen LogP contribution in [0.4, 0.5) is 0 Å². The maximum atomic E-state index is 11.9. The van der Waals surface area contributed by atoms with Gasteiger partial charge in [0.2, 0.25) is 5.91 Å². The highest BCUT2D eigenvalue weighted by molar-refractivity contribution is 7.98. The van der Waals surface area contributed by atoms with Crippen LogP contribution in [0.2, 0.25) is 5.02 Å². The minimum atomic E-state index is 0.0478. The van der Waals surface area contributed by atoms with E-state index in [0.717, 1.165) is 22.1 Å².